The minimum absolute atomic E-state index is 0.00547. The summed E-state index contributed by atoms with van der Waals surface area (Å²) in [6, 6.07) is 15.7. The van der Waals surface area contributed by atoms with Crippen LogP contribution >= 0.6 is 11.8 Å². The number of aliphatic hydroxyl groups is 1. The second kappa shape index (κ2) is 15.3. The molecule has 2 bridgehead atoms. The second-order valence-electron chi connectivity index (χ2n) is 13.4. The van der Waals surface area contributed by atoms with Crippen molar-refractivity contribution in [1.29, 1.82) is 0 Å². The van der Waals surface area contributed by atoms with Gasteiger partial charge in [0.25, 0.3) is 0 Å². The van der Waals surface area contributed by atoms with Crippen LogP contribution in [0.25, 0.3) is 0 Å². The first-order valence-corrected chi connectivity index (χ1v) is 18.3. The molecule has 1 N–H and O–H groups in total. The van der Waals surface area contributed by atoms with Crippen LogP contribution in [-0.4, -0.2) is 87.1 Å². The van der Waals surface area contributed by atoms with Crippen molar-refractivity contribution in [1.82, 2.24) is 9.80 Å². The molecule has 0 aliphatic carbocycles. The van der Waals surface area contributed by atoms with Crippen LogP contribution in [0.1, 0.15) is 52.5 Å². The van der Waals surface area contributed by atoms with Gasteiger partial charge in [-0.3, -0.25) is 14.4 Å². The van der Waals surface area contributed by atoms with E-state index in [1.165, 1.54) is 0 Å². The maximum Gasteiger partial charge on any atom is 0.247 e. The molecule has 48 heavy (non-hydrogen) atoms. The Labute approximate surface area is 290 Å². The Balaban J connectivity index is 1.60. The van der Waals surface area contributed by atoms with Crippen molar-refractivity contribution in [3.63, 3.8) is 0 Å². The molecule has 1 spiro atoms. The molecule has 2 aromatic carbocycles. The number of rotatable bonds is 16. The van der Waals surface area contributed by atoms with Crippen molar-refractivity contribution in [2.45, 2.75) is 81.5 Å². The number of anilines is 1. The van der Waals surface area contributed by atoms with Gasteiger partial charge in [0.1, 0.15) is 11.8 Å². The van der Waals surface area contributed by atoms with Crippen molar-refractivity contribution in [2.75, 3.05) is 31.2 Å². The van der Waals surface area contributed by atoms with E-state index in [1.807, 2.05) is 73.3 Å². The van der Waals surface area contributed by atoms with Crippen LogP contribution in [0.15, 0.2) is 79.9 Å². The lowest BCUT2D eigenvalue weighted by molar-refractivity contribution is -0.146. The highest BCUT2D eigenvalue weighted by Gasteiger charge is 2.77. The Kier molecular flexibility index (Phi) is 11.4. The monoisotopic (exact) mass is 673 g/mol. The molecule has 9 heteroatoms. The van der Waals surface area contributed by atoms with Crippen LogP contribution in [-0.2, 0) is 20.8 Å². The van der Waals surface area contributed by atoms with Gasteiger partial charge in [-0.1, -0.05) is 62.8 Å². The van der Waals surface area contributed by atoms with Gasteiger partial charge in [-0.05, 0) is 68.9 Å². The number of aliphatic hydroxyl groups excluding tert-OH is 1. The molecule has 0 saturated carbocycles. The number of hydrogen-bond acceptors (Lipinski definition) is 6. The van der Waals surface area contributed by atoms with Gasteiger partial charge in [0, 0.05) is 30.1 Å². The molecule has 3 amide bonds. The zero-order chi connectivity index (χ0) is 34.6. The number of likely N-dealkylation sites (tertiary alicyclic amines) is 1. The van der Waals surface area contributed by atoms with Gasteiger partial charge in [-0.25, -0.2) is 0 Å². The SMILES string of the molecule is C=CCN(C(=O)[C@@H]1[C@H]2C(=O)N([C@@H](CO)Cc3ccccc3)C(C(=O)N(CC=C)C(C)CCC)C23S[C@@H]1CC3C)c1ccc(OCC)cc1. The number of thioether (sulfide) groups is 1. The minimum Gasteiger partial charge on any atom is -0.494 e. The normalized spacial score (nSPS) is 26.9. The summed E-state index contributed by atoms with van der Waals surface area (Å²) in [7, 11) is 0. The highest BCUT2D eigenvalue weighted by Crippen LogP contribution is 2.69. The topological polar surface area (TPSA) is 90.4 Å². The molecule has 3 aliphatic rings. The van der Waals surface area contributed by atoms with Crippen LogP contribution < -0.4 is 9.64 Å². The molecule has 5 rings (SSSR count). The standard InChI is InChI=1S/C39H51N3O5S/c1-7-14-27(6)40(21-8-2)38(46)35-39-26(5)23-32(48-39)33(36(44)41(22-9-3)29-17-19-31(20-18-29)47-10-4)34(39)37(45)42(35)30(25-43)24-28-15-12-11-13-16-28/h8-9,11-13,15-20,26-27,30,32-35,43H,2-3,7,10,14,21-25H2,1,4-6H3/t26?,27?,30-,32-,33+,34+,35?,39?/m1/s1. The Hall–Kier alpha value is -3.56. The fourth-order valence-corrected chi connectivity index (χ4v) is 10.8. The maximum absolute atomic E-state index is 15.1. The molecular weight excluding hydrogens is 623 g/mol. The van der Waals surface area contributed by atoms with E-state index in [0.717, 1.165) is 24.8 Å². The largest absolute Gasteiger partial charge is 0.494 e. The molecule has 0 radical (unpaired) electrons. The summed E-state index contributed by atoms with van der Waals surface area (Å²) in [6.07, 6.45) is 6.29. The molecule has 3 saturated heterocycles. The van der Waals surface area contributed by atoms with E-state index in [9.17, 15) is 9.90 Å². The first-order valence-electron chi connectivity index (χ1n) is 17.4. The first kappa shape index (κ1) is 35.7. The fraction of sp³-hybridized carbons (Fsp3) is 0.513. The Bertz CT molecular complexity index is 1470. The number of amides is 3. The van der Waals surface area contributed by atoms with Crippen molar-refractivity contribution in [3.05, 3.63) is 85.5 Å². The number of ether oxygens (including phenoxy) is 1. The third kappa shape index (κ3) is 6.31. The van der Waals surface area contributed by atoms with E-state index in [0.29, 0.717) is 31.0 Å². The van der Waals surface area contributed by atoms with Crippen LogP contribution in [0.2, 0.25) is 0 Å². The highest BCUT2D eigenvalue weighted by molar-refractivity contribution is 8.02. The van der Waals surface area contributed by atoms with E-state index in [-0.39, 0.29) is 48.1 Å². The van der Waals surface area contributed by atoms with Gasteiger partial charge in [-0.15, -0.1) is 24.9 Å². The minimum atomic E-state index is -0.823. The number of carbonyl (C=O) groups excluding carboxylic acids is 3. The number of carbonyl (C=O) groups is 3. The van der Waals surface area contributed by atoms with Gasteiger partial charge < -0.3 is 24.5 Å². The average molecular weight is 674 g/mol. The van der Waals surface area contributed by atoms with E-state index in [1.54, 1.807) is 33.7 Å². The summed E-state index contributed by atoms with van der Waals surface area (Å²) in [5, 5.41) is 10.8. The lowest BCUT2D eigenvalue weighted by Crippen LogP contribution is -2.60. The van der Waals surface area contributed by atoms with E-state index < -0.39 is 28.7 Å². The van der Waals surface area contributed by atoms with E-state index in [2.05, 4.69) is 27.0 Å². The van der Waals surface area contributed by atoms with Gasteiger partial charge in [-0.2, -0.15) is 0 Å². The summed E-state index contributed by atoms with van der Waals surface area (Å²) >= 11 is 1.66. The number of fused-ring (bicyclic) bond motifs is 1. The average Bonchev–Trinajstić information content (AvgIpc) is 3.69. The lowest BCUT2D eigenvalue weighted by atomic mass is 9.65. The van der Waals surface area contributed by atoms with Gasteiger partial charge in [0.2, 0.25) is 17.7 Å². The van der Waals surface area contributed by atoms with Crippen molar-refractivity contribution in [3.8, 4) is 5.75 Å². The highest BCUT2D eigenvalue weighted by atomic mass is 32.2. The zero-order valence-electron chi connectivity index (χ0n) is 28.8. The number of nitrogens with zero attached hydrogens (tertiary/aromatic N) is 3. The van der Waals surface area contributed by atoms with Crippen LogP contribution in [0.4, 0.5) is 5.69 Å². The van der Waals surface area contributed by atoms with E-state index in [4.69, 9.17) is 4.74 Å². The predicted molar refractivity (Wildman–Crippen MR) is 193 cm³/mol. The van der Waals surface area contributed by atoms with Crippen LogP contribution in [0.3, 0.4) is 0 Å². The third-order valence-electron chi connectivity index (χ3n) is 10.5. The molecule has 3 aliphatic heterocycles. The van der Waals surface area contributed by atoms with E-state index >= 15 is 9.59 Å². The Morgan fingerprint density at radius 1 is 1.08 bits per heavy atom. The summed E-state index contributed by atoms with van der Waals surface area (Å²) < 4.78 is 4.82. The fourth-order valence-electron chi connectivity index (χ4n) is 8.43. The smallest absolute Gasteiger partial charge is 0.247 e. The zero-order valence-corrected chi connectivity index (χ0v) is 29.6. The van der Waals surface area contributed by atoms with Crippen LogP contribution in [0.5, 0.6) is 5.75 Å². The van der Waals surface area contributed by atoms with Gasteiger partial charge in [0.05, 0.1) is 35.8 Å². The predicted octanol–water partition coefficient (Wildman–Crippen LogP) is 5.75. The summed E-state index contributed by atoms with van der Waals surface area (Å²) in [4.78, 5) is 50.1. The van der Waals surface area contributed by atoms with Crippen molar-refractivity contribution >= 4 is 35.2 Å². The Morgan fingerprint density at radius 2 is 1.77 bits per heavy atom. The third-order valence-corrected chi connectivity index (χ3v) is 12.6. The van der Waals surface area contributed by atoms with Crippen LogP contribution in [0, 0.1) is 17.8 Å². The number of benzene rings is 2. The quantitative estimate of drug-likeness (QED) is 0.229. The second-order valence-corrected chi connectivity index (χ2v) is 15.0. The molecule has 2 aromatic rings. The molecular formula is C39H51N3O5S. The molecule has 3 fully saturated rings. The maximum atomic E-state index is 15.1. The van der Waals surface area contributed by atoms with Gasteiger partial charge in [0.15, 0.2) is 0 Å². The first-order chi connectivity index (χ1) is 23.2. The van der Waals surface area contributed by atoms with Crippen molar-refractivity contribution in [2.24, 2.45) is 17.8 Å². The number of hydrogen-bond donors (Lipinski definition) is 1. The molecule has 258 valence electrons. The van der Waals surface area contributed by atoms with Crippen molar-refractivity contribution < 1.29 is 24.2 Å². The van der Waals surface area contributed by atoms with Gasteiger partial charge >= 0.3 is 0 Å². The molecule has 8 nitrogen and oxygen atoms in total. The lowest BCUT2D eigenvalue weighted by Gasteiger charge is -2.43. The molecule has 8 atom stereocenters. The Morgan fingerprint density at radius 3 is 2.38 bits per heavy atom. The summed E-state index contributed by atoms with van der Waals surface area (Å²) in [5.74, 6) is -1.08. The summed E-state index contributed by atoms with van der Waals surface area (Å²) in [5.41, 5.74) is 1.67. The molecule has 4 unspecified atom stereocenters. The summed E-state index contributed by atoms with van der Waals surface area (Å²) in [6.45, 7) is 17.0. The molecule has 0 aromatic heterocycles. The molecule has 3 heterocycles.